The van der Waals surface area contributed by atoms with Gasteiger partial charge < -0.3 is 0 Å². The Bertz CT molecular complexity index is 469. The molecule has 1 unspecified atom stereocenters. The zero-order valence-electron chi connectivity index (χ0n) is 8.82. The van der Waals surface area contributed by atoms with Gasteiger partial charge in [-0.25, -0.2) is 9.97 Å². The lowest BCUT2D eigenvalue weighted by Gasteiger charge is -2.14. The third-order valence-corrected chi connectivity index (χ3v) is 2.69. The fraction of sp³-hybridized carbons (Fsp3) is 0.444. The smallest absolute Gasteiger partial charge is 0.228 e. The van der Waals surface area contributed by atoms with Gasteiger partial charge in [0.25, 0.3) is 0 Å². The van der Waals surface area contributed by atoms with E-state index in [0.717, 1.165) is 0 Å². The third kappa shape index (κ3) is 2.64. The van der Waals surface area contributed by atoms with Crippen LogP contribution in [0.5, 0.6) is 0 Å². The average molecular weight is 253 g/mol. The lowest BCUT2D eigenvalue weighted by molar-refractivity contribution is -0.117. The van der Waals surface area contributed by atoms with E-state index in [9.17, 15) is 4.79 Å². The van der Waals surface area contributed by atoms with Crippen LogP contribution in [0.2, 0.25) is 5.15 Å². The van der Waals surface area contributed by atoms with Crippen molar-refractivity contribution in [2.45, 2.75) is 6.42 Å². The summed E-state index contributed by atoms with van der Waals surface area (Å²) < 4.78 is 0. The van der Waals surface area contributed by atoms with E-state index in [-0.39, 0.29) is 17.0 Å². The first kappa shape index (κ1) is 11.6. The van der Waals surface area contributed by atoms with Crippen LogP contribution in [0.3, 0.4) is 0 Å². The number of halogens is 1. The first-order chi connectivity index (χ1) is 8.20. The zero-order chi connectivity index (χ0) is 12.3. The number of aromatic nitrogens is 2. The van der Waals surface area contributed by atoms with Gasteiger partial charge in [0, 0.05) is 24.4 Å². The minimum Gasteiger partial charge on any atom is -0.295 e. The predicted molar refractivity (Wildman–Crippen MR) is 61.5 cm³/mol. The topological polar surface area (TPSA) is 94.9 Å². The molecule has 1 saturated heterocycles. The second kappa shape index (κ2) is 4.99. The van der Waals surface area contributed by atoms with Crippen LogP contribution in [-0.4, -0.2) is 29.0 Å². The van der Waals surface area contributed by atoms with Crippen LogP contribution in [0.4, 0.5) is 5.82 Å². The molecule has 0 aromatic carbocycles. The van der Waals surface area contributed by atoms with Gasteiger partial charge in [-0.15, -0.1) is 0 Å². The molecule has 0 radical (unpaired) electrons. The fourth-order valence-corrected chi connectivity index (χ4v) is 1.82. The lowest BCUT2D eigenvalue weighted by Crippen LogP contribution is -2.25. The second-order valence-corrected chi connectivity index (χ2v) is 4.07. The summed E-state index contributed by atoms with van der Waals surface area (Å²) in [7, 11) is 0. The monoisotopic (exact) mass is 252 g/mol. The van der Waals surface area contributed by atoms with Gasteiger partial charge in [-0.1, -0.05) is 16.7 Å². The molecule has 7 nitrogen and oxygen atoms in total. The van der Waals surface area contributed by atoms with Crippen molar-refractivity contribution in [3.63, 3.8) is 0 Å². The van der Waals surface area contributed by atoms with Crippen molar-refractivity contribution < 1.29 is 4.79 Å². The van der Waals surface area contributed by atoms with Gasteiger partial charge in [-0.2, -0.15) is 0 Å². The van der Waals surface area contributed by atoms with Crippen LogP contribution in [0.15, 0.2) is 17.5 Å². The Balaban J connectivity index is 2.10. The van der Waals surface area contributed by atoms with E-state index in [2.05, 4.69) is 20.0 Å². The summed E-state index contributed by atoms with van der Waals surface area (Å²) in [5.41, 5.74) is 8.23. The maximum absolute atomic E-state index is 11.7. The molecule has 17 heavy (non-hydrogen) atoms. The standard InChI is InChI=1S/C9H9ClN6O/c10-7-3-13-8(4-12-7)16-5-6(1-9(16)17)2-14-15-11/h3-4,6H,1-2,5H2. The number of carbonyl (C=O) groups is 1. The normalized spacial score (nSPS) is 19.2. The van der Waals surface area contributed by atoms with Gasteiger partial charge in [0.15, 0.2) is 5.82 Å². The molecule has 2 heterocycles. The number of rotatable bonds is 3. The van der Waals surface area contributed by atoms with Crippen molar-refractivity contribution in [2.75, 3.05) is 18.0 Å². The molecule has 1 aromatic heterocycles. The Morgan fingerprint density at radius 2 is 2.41 bits per heavy atom. The van der Waals surface area contributed by atoms with Crippen molar-refractivity contribution in [3.8, 4) is 0 Å². The third-order valence-electron chi connectivity index (χ3n) is 2.49. The summed E-state index contributed by atoms with van der Waals surface area (Å²) in [6.07, 6.45) is 3.21. The molecular formula is C9H9ClN6O. The van der Waals surface area contributed by atoms with E-state index in [0.29, 0.717) is 25.3 Å². The molecular weight excluding hydrogens is 244 g/mol. The number of azide groups is 1. The maximum Gasteiger partial charge on any atom is 0.228 e. The van der Waals surface area contributed by atoms with Crippen molar-refractivity contribution in [1.29, 1.82) is 0 Å². The second-order valence-electron chi connectivity index (χ2n) is 3.69. The minimum atomic E-state index is -0.0419. The molecule has 2 rings (SSSR count). The van der Waals surface area contributed by atoms with Crippen molar-refractivity contribution in [3.05, 3.63) is 28.0 Å². The molecule has 1 aliphatic rings. The van der Waals surface area contributed by atoms with Gasteiger partial charge >= 0.3 is 0 Å². The molecule has 0 aliphatic carbocycles. The van der Waals surface area contributed by atoms with Crippen LogP contribution in [-0.2, 0) is 4.79 Å². The van der Waals surface area contributed by atoms with Gasteiger partial charge in [-0.3, -0.25) is 9.69 Å². The fourth-order valence-electron chi connectivity index (χ4n) is 1.72. The summed E-state index contributed by atoms with van der Waals surface area (Å²) in [6.45, 7) is 0.813. The van der Waals surface area contributed by atoms with Crippen LogP contribution < -0.4 is 4.90 Å². The Labute approximate surface area is 102 Å². The van der Waals surface area contributed by atoms with Crippen LogP contribution >= 0.6 is 11.6 Å². The van der Waals surface area contributed by atoms with Gasteiger partial charge in [0.1, 0.15) is 5.15 Å². The highest BCUT2D eigenvalue weighted by Crippen LogP contribution is 2.23. The van der Waals surface area contributed by atoms with Crippen molar-refractivity contribution >= 4 is 23.3 Å². The van der Waals surface area contributed by atoms with E-state index < -0.39 is 0 Å². The summed E-state index contributed by atoms with van der Waals surface area (Å²) in [5, 5.41) is 3.76. The Hall–Kier alpha value is -1.85. The SMILES string of the molecule is [N-]=[N+]=NCC1CC(=O)N(c2cnc(Cl)cn2)C1. The Morgan fingerprint density at radius 1 is 1.59 bits per heavy atom. The zero-order valence-corrected chi connectivity index (χ0v) is 9.58. The van der Waals surface area contributed by atoms with E-state index in [1.165, 1.54) is 17.3 Å². The van der Waals surface area contributed by atoms with Crippen LogP contribution in [0.25, 0.3) is 10.4 Å². The quantitative estimate of drug-likeness (QED) is 0.466. The first-order valence-electron chi connectivity index (χ1n) is 4.99. The molecule has 0 N–H and O–H groups in total. The molecule has 1 amide bonds. The van der Waals surface area contributed by atoms with Crippen molar-refractivity contribution in [2.24, 2.45) is 11.0 Å². The Kier molecular flexibility index (Phi) is 3.41. The number of anilines is 1. The van der Waals surface area contributed by atoms with Crippen molar-refractivity contribution in [1.82, 2.24) is 9.97 Å². The van der Waals surface area contributed by atoms with E-state index >= 15 is 0 Å². The number of nitrogens with zero attached hydrogens (tertiary/aromatic N) is 6. The van der Waals surface area contributed by atoms with E-state index in [1.54, 1.807) is 0 Å². The Morgan fingerprint density at radius 3 is 3.06 bits per heavy atom. The van der Waals surface area contributed by atoms with Gasteiger partial charge in [0.2, 0.25) is 5.91 Å². The highest BCUT2D eigenvalue weighted by atomic mass is 35.5. The number of hydrogen-bond acceptors (Lipinski definition) is 4. The van der Waals surface area contributed by atoms with Crippen LogP contribution in [0, 0.1) is 5.92 Å². The molecule has 0 saturated carbocycles. The van der Waals surface area contributed by atoms with Crippen LogP contribution in [0.1, 0.15) is 6.42 Å². The highest BCUT2D eigenvalue weighted by molar-refractivity contribution is 6.29. The molecule has 8 heteroatoms. The summed E-state index contributed by atoms with van der Waals surface area (Å²) in [6, 6.07) is 0. The molecule has 1 aliphatic heterocycles. The largest absolute Gasteiger partial charge is 0.295 e. The summed E-state index contributed by atoms with van der Waals surface area (Å²) in [5.74, 6) is 0.471. The minimum absolute atomic E-state index is 0.0379. The maximum atomic E-state index is 11.7. The summed E-state index contributed by atoms with van der Waals surface area (Å²) in [4.78, 5) is 23.8. The van der Waals surface area contributed by atoms with Gasteiger partial charge in [-0.05, 0) is 11.4 Å². The van der Waals surface area contributed by atoms with E-state index in [4.69, 9.17) is 17.1 Å². The molecule has 88 valence electrons. The first-order valence-corrected chi connectivity index (χ1v) is 5.37. The highest BCUT2D eigenvalue weighted by Gasteiger charge is 2.30. The molecule has 0 bridgehead atoms. The lowest BCUT2D eigenvalue weighted by atomic mass is 10.1. The summed E-state index contributed by atoms with van der Waals surface area (Å²) >= 11 is 5.62. The average Bonchev–Trinajstić information content (AvgIpc) is 2.69. The molecule has 1 aromatic rings. The number of hydrogen-bond donors (Lipinski definition) is 0. The number of amides is 1. The predicted octanol–water partition coefficient (Wildman–Crippen LogP) is 1.79. The van der Waals surface area contributed by atoms with Gasteiger partial charge in [0.05, 0.1) is 12.4 Å². The molecule has 1 fully saturated rings. The molecule has 0 spiro atoms. The molecule has 1 atom stereocenters. The van der Waals surface area contributed by atoms with E-state index in [1.807, 2.05) is 0 Å². The number of carbonyl (C=O) groups excluding carboxylic acids is 1.